The van der Waals surface area contributed by atoms with Gasteiger partial charge in [-0.05, 0) is 38.1 Å². The zero-order valence-electron chi connectivity index (χ0n) is 13.2. The normalized spacial score (nSPS) is 16.6. The van der Waals surface area contributed by atoms with Gasteiger partial charge in [0.1, 0.15) is 10.9 Å². The second-order valence-corrected chi connectivity index (χ2v) is 7.42. The van der Waals surface area contributed by atoms with Crippen molar-refractivity contribution in [3.63, 3.8) is 0 Å². The van der Waals surface area contributed by atoms with Crippen molar-refractivity contribution in [2.75, 3.05) is 5.32 Å². The van der Waals surface area contributed by atoms with Crippen LogP contribution in [0.25, 0.3) is 0 Å². The summed E-state index contributed by atoms with van der Waals surface area (Å²) in [5.74, 6) is -1.25. The van der Waals surface area contributed by atoms with E-state index in [0.29, 0.717) is 9.99 Å². The molecule has 0 bridgehead atoms. The maximum Gasteiger partial charge on any atom is 0.269 e. The van der Waals surface area contributed by atoms with Crippen molar-refractivity contribution in [2.24, 2.45) is 0 Å². The quantitative estimate of drug-likeness (QED) is 0.925. The summed E-state index contributed by atoms with van der Waals surface area (Å²) in [6.07, 6.45) is 0. The minimum atomic E-state index is -4.02. The predicted octanol–water partition coefficient (Wildman–Crippen LogP) is 2.17. The molecule has 0 saturated carbocycles. The Kier molecular flexibility index (Phi) is 3.88. The molecule has 0 aliphatic carbocycles. The summed E-state index contributed by atoms with van der Waals surface area (Å²) in [7, 11) is -4.02. The first-order valence-corrected chi connectivity index (χ1v) is 8.81. The van der Waals surface area contributed by atoms with E-state index in [0.717, 1.165) is 5.56 Å². The highest BCUT2D eigenvalue weighted by atomic mass is 32.2. The molecule has 0 saturated heterocycles. The number of hydrogen-bond acceptors (Lipinski definition) is 4. The first-order chi connectivity index (χ1) is 11.3. The monoisotopic (exact) mass is 344 g/mol. The van der Waals surface area contributed by atoms with E-state index < -0.39 is 27.9 Å². The van der Waals surface area contributed by atoms with Gasteiger partial charge in [0.15, 0.2) is 0 Å². The third-order valence-electron chi connectivity index (χ3n) is 3.90. The summed E-state index contributed by atoms with van der Waals surface area (Å²) in [5, 5.41) is 2.63. The molecule has 1 aliphatic heterocycles. The summed E-state index contributed by atoms with van der Waals surface area (Å²) in [4.78, 5) is 24.8. The van der Waals surface area contributed by atoms with E-state index in [4.69, 9.17) is 0 Å². The number of sulfonamides is 1. The molecule has 1 atom stereocenters. The van der Waals surface area contributed by atoms with E-state index in [1.165, 1.54) is 19.1 Å². The maximum atomic E-state index is 12.6. The molecule has 1 aliphatic rings. The molecular formula is C17H16N2O4S. The Morgan fingerprint density at radius 3 is 2.33 bits per heavy atom. The molecule has 6 nitrogen and oxygen atoms in total. The number of aryl methyl sites for hydroxylation is 1. The minimum Gasteiger partial charge on any atom is -0.324 e. The van der Waals surface area contributed by atoms with E-state index in [1.807, 2.05) is 19.1 Å². The van der Waals surface area contributed by atoms with Gasteiger partial charge in [-0.1, -0.05) is 29.8 Å². The van der Waals surface area contributed by atoms with Crippen LogP contribution in [-0.4, -0.2) is 30.6 Å². The van der Waals surface area contributed by atoms with Crippen LogP contribution in [0.4, 0.5) is 5.69 Å². The number of carbonyl (C=O) groups excluding carboxylic acids is 2. The van der Waals surface area contributed by atoms with Crippen LogP contribution in [0.15, 0.2) is 53.4 Å². The molecule has 1 N–H and O–H groups in total. The lowest BCUT2D eigenvalue weighted by Gasteiger charge is -2.22. The van der Waals surface area contributed by atoms with Crippen molar-refractivity contribution in [2.45, 2.75) is 24.8 Å². The average Bonchev–Trinajstić information content (AvgIpc) is 2.76. The van der Waals surface area contributed by atoms with Gasteiger partial charge in [-0.25, -0.2) is 12.7 Å². The number of anilines is 1. The SMILES string of the molecule is Cc1ccc(NC(=O)[C@@H](C)N2C(=O)c3ccccc3S2(=O)=O)cc1. The number of nitrogens with one attached hydrogen (secondary N) is 1. The van der Waals surface area contributed by atoms with E-state index in [-0.39, 0.29) is 10.5 Å². The first-order valence-electron chi connectivity index (χ1n) is 7.37. The van der Waals surface area contributed by atoms with Gasteiger partial charge in [0.25, 0.3) is 15.9 Å². The highest BCUT2D eigenvalue weighted by Crippen LogP contribution is 2.31. The first kappa shape index (κ1) is 16.2. The molecule has 0 radical (unpaired) electrons. The highest BCUT2D eigenvalue weighted by molar-refractivity contribution is 7.90. The second-order valence-electron chi connectivity index (χ2n) is 5.63. The Balaban J connectivity index is 1.87. The Labute approximate surface area is 140 Å². The number of benzene rings is 2. The van der Waals surface area contributed by atoms with Gasteiger partial charge in [0, 0.05) is 5.69 Å². The van der Waals surface area contributed by atoms with E-state index in [1.54, 1.807) is 24.3 Å². The zero-order chi connectivity index (χ0) is 17.5. The van der Waals surface area contributed by atoms with Crippen molar-refractivity contribution in [1.82, 2.24) is 4.31 Å². The summed E-state index contributed by atoms with van der Waals surface area (Å²) in [5.41, 5.74) is 1.67. The fourth-order valence-electron chi connectivity index (χ4n) is 2.58. The molecule has 0 unspecified atom stereocenters. The Hall–Kier alpha value is -2.67. The molecular weight excluding hydrogens is 328 g/mol. The number of amides is 2. The average molecular weight is 344 g/mol. The fourth-order valence-corrected chi connectivity index (χ4v) is 4.30. The van der Waals surface area contributed by atoms with Crippen LogP contribution in [0.3, 0.4) is 0 Å². The number of fused-ring (bicyclic) bond motifs is 1. The van der Waals surface area contributed by atoms with E-state index in [2.05, 4.69) is 5.32 Å². The summed E-state index contributed by atoms with van der Waals surface area (Å²) in [6, 6.07) is 11.9. The third kappa shape index (κ3) is 2.56. The van der Waals surface area contributed by atoms with Crippen molar-refractivity contribution < 1.29 is 18.0 Å². The molecule has 2 aromatic carbocycles. The van der Waals surface area contributed by atoms with Crippen molar-refractivity contribution in [3.8, 4) is 0 Å². The summed E-state index contributed by atoms with van der Waals surface area (Å²) in [6.45, 7) is 3.31. The van der Waals surface area contributed by atoms with Crippen LogP contribution in [-0.2, 0) is 14.8 Å². The van der Waals surface area contributed by atoms with Crippen LogP contribution >= 0.6 is 0 Å². The lowest BCUT2D eigenvalue weighted by atomic mass is 10.2. The summed E-state index contributed by atoms with van der Waals surface area (Å²) >= 11 is 0. The van der Waals surface area contributed by atoms with Crippen molar-refractivity contribution in [3.05, 3.63) is 59.7 Å². The van der Waals surface area contributed by atoms with Crippen LogP contribution in [0.5, 0.6) is 0 Å². The van der Waals surface area contributed by atoms with Crippen molar-refractivity contribution in [1.29, 1.82) is 0 Å². The molecule has 0 aromatic heterocycles. The second kappa shape index (κ2) is 5.76. The molecule has 0 spiro atoms. The van der Waals surface area contributed by atoms with Crippen LogP contribution in [0.1, 0.15) is 22.8 Å². The van der Waals surface area contributed by atoms with Gasteiger partial charge >= 0.3 is 0 Å². The maximum absolute atomic E-state index is 12.6. The van der Waals surface area contributed by atoms with E-state index >= 15 is 0 Å². The van der Waals surface area contributed by atoms with Gasteiger partial charge in [-0.3, -0.25) is 9.59 Å². The van der Waals surface area contributed by atoms with Gasteiger partial charge in [-0.2, -0.15) is 0 Å². The Bertz CT molecular complexity index is 920. The topological polar surface area (TPSA) is 83.6 Å². The third-order valence-corrected chi connectivity index (χ3v) is 5.82. The van der Waals surface area contributed by atoms with Crippen LogP contribution in [0, 0.1) is 6.92 Å². The lowest BCUT2D eigenvalue weighted by molar-refractivity contribution is -0.118. The predicted molar refractivity (Wildman–Crippen MR) is 89.1 cm³/mol. The van der Waals surface area contributed by atoms with E-state index in [9.17, 15) is 18.0 Å². The fraction of sp³-hybridized carbons (Fsp3) is 0.176. The van der Waals surface area contributed by atoms with Gasteiger partial charge in [0.2, 0.25) is 5.91 Å². The minimum absolute atomic E-state index is 0.0648. The molecule has 2 aromatic rings. The summed E-state index contributed by atoms with van der Waals surface area (Å²) < 4.78 is 25.8. The van der Waals surface area contributed by atoms with Crippen LogP contribution < -0.4 is 5.32 Å². The molecule has 7 heteroatoms. The number of hydrogen-bond donors (Lipinski definition) is 1. The number of nitrogens with zero attached hydrogens (tertiary/aromatic N) is 1. The standard InChI is InChI=1S/C17H16N2O4S/c1-11-7-9-13(10-8-11)18-16(20)12(2)19-17(21)14-5-3-4-6-15(14)24(19,22)23/h3-10,12H,1-2H3,(H,18,20)/t12-/m1/s1. The molecule has 124 valence electrons. The number of rotatable bonds is 3. The van der Waals surface area contributed by atoms with Crippen molar-refractivity contribution >= 4 is 27.5 Å². The Morgan fingerprint density at radius 1 is 1.08 bits per heavy atom. The Morgan fingerprint density at radius 2 is 1.71 bits per heavy atom. The molecule has 24 heavy (non-hydrogen) atoms. The smallest absolute Gasteiger partial charge is 0.269 e. The largest absolute Gasteiger partial charge is 0.324 e. The van der Waals surface area contributed by atoms with Crippen LogP contribution in [0.2, 0.25) is 0 Å². The molecule has 2 amide bonds. The zero-order valence-corrected chi connectivity index (χ0v) is 14.0. The molecule has 1 heterocycles. The molecule has 3 rings (SSSR count). The number of carbonyl (C=O) groups is 2. The van der Waals surface area contributed by atoms with Gasteiger partial charge < -0.3 is 5.32 Å². The highest BCUT2D eigenvalue weighted by Gasteiger charge is 2.45. The van der Waals surface area contributed by atoms with Gasteiger partial charge in [0.05, 0.1) is 5.56 Å². The molecule has 0 fully saturated rings. The lowest BCUT2D eigenvalue weighted by Crippen LogP contribution is -2.45. The van der Waals surface area contributed by atoms with Gasteiger partial charge in [-0.15, -0.1) is 0 Å².